The molecule has 2 aromatic rings. The highest BCUT2D eigenvalue weighted by atomic mass is 16.6. The lowest BCUT2D eigenvalue weighted by molar-refractivity contribution is -0.145. The molecule has 0 saturated heterocycles. The predicted molar refractivity (Wildman–Crippen MR) is 147 cm³/mol. The summed E-state index contributed by atoms with van der Waals surface area (Å²) in [6, 6.07) is 14.2. The third-order valence-electron chi connectivity index (χ3n) is 5.69. The van der Waals surface area contributed by atoms with Gasteiger partial charge in [0.2, 0.25) is 5.91 Å². The van der Waals surface area contributed by atoms with Crippen LogP contribution < -0.4 is 20.1 Å². The van der Waals surface area contributed by atoms with Gasteiger partial charge in [0.25, 0.3) is 0 Å². The molecular weight excluding hydrogens is 484 g/mol. The Kier molecular flexibility index (Phi) is 10.2. The second-order valence-corrected chi connectivity index (χ2v) is 12.2. The van der Waals surface area contributed by atoms with Crippen molar-refractivity contribution in [3.8, 4) is 11.5 Å². The zero-order chi connectivity index (χ0) is 28.7. The smallest absolute Gasteiger partial charge is 0.316 e. The highest BCUT2D eigenvalue weighted by Crippen LogP contribution is 2.34. The average molecular weight is 527 g/mol. The zero-order valence-electron chi connectivity index (χ0n) is 23.8. The Morgan fingerprint density at radius 1 is 0.816 bits per heavy atom. The van der Waals surface area contributed by atoms with Crippen LogP contribution in [0.3, 0.4) is 0 Å². The Hall–Kier alpha value is -3.23. The maximum atomic E-state index is 12.6. The quantitative estimate of drug-likeness (QED) is 0.312. The van der Waals surface area contributed by atoms with Gasteiger partial charge in [0.05, 0.1) is 23.4 Å². The molecule has 1 atom stereocenters. The molecular formula is C30H42N2O6. The first kappa shape index (κ1) is 31.0. The lowest BCUT2D eigenvalue weighted by Gasteiger charge is -2.28. The molecule has 0 aliphatic rings. The van der Waals surface area contributed by atoms with Crippen LogP contribution in [0, 0.1) is 10.8 Å². The van der Waals surface area contributed by atoms with E-state index in [0.29, 0.717) is 18.5 Å². The fourth-order valence-corrected chi connectivity index (χ4v) is 3.12. The number of hydrogen-bond donors (Lipinski definition) is 3. The van der Waals surface area contributed by atoms with Crippen molar-refractivity contribution in [2.24, 2.45) is 10.8 Å². The standard InChI is InChI=1S/C30H42N2O6/c1-28(2,3)26(35)37-23-15-14-21(17-24(23)38-27(36)29(4,5)6)22(33)18-32-30(7,8)19-31-25(34)16-20-12-10-9-11-13-20/h9-15,17,22,32-33H,16,18-19H2,1-8H3,(H,31,34). The SMILES string of the molecule is CC(C)(CNC(=O)Cc1ccccc1)NCC(O)c1ccc(OC(=O)C(C)(C)C)c(OC(=O)C(C)(C)C)c1. The number of hydrogen-bond acceptors (Lipinski definition) is 7. The molecule has 0 aromatic heterocycles. The van der Waals surface area contributed by atoms with Gasteiger partial charge >= 0.3 is 11.9 Å². The van der Waals surface area contributed by atoms with E-state index in [1.54, 1.807) is 47.6 Å². The molecule has 2 aromatic carbocycles. The fraction of sp³-hybridized carbons (Fsp3) is 0.500. The van der Waals surface area contributed by atoms with Gasteiger partial charge in [0.1, 0.15) is 0 Å². The van der Waals surface area contributed by atoms with Crippen LogP contribution >= 0.6 is 0 Å². The Morgan fingerprint density at radius 2 is 1.37 bits per heavy atom. The topological polar surface area (TPSA) is 114 Å². The van der Waals surface area contributed by atoms with Gasteiger partial charge in [-0.05, 0) is 78.6 Å². The Morgan fingerprint density at radius 3 is 1.92 bits per heavy atom. The van der Waals surface area contributed by atoms with Crippen molar-refractivity contribution in [1.82, 2.24) is 10.6 Å². The lowest BCUT2D eigenvalue weighted by Crippen LogP contribution is -2.50. The Bertz CT molecular complexity index is 1110. The number of nitrogens with one attached hydrogen (secondary N) is 2. The van der Waals surface area contributed by atoms with Gasteiger partial charge in [-0.15, -0.1) is 0 Å². The number of aliphatic hydroxyl groups is 1. The van der Waals surface area contributed by atoms with Crippen molar-refractivity contribution in [3.05, 3.63) is 59.7 Å². The molecule has 1 amide bonds. The van der Waals surface area contributed by atoms with E-state index in [-0.39, 0.29) is 24.0 Å². The van der Waals surface area contributed by atoms with Gasteiger partial charge in [-0.3, -0.25) is 14.4 Å². The van der Waals surface area contributed by atoms with Crippen LogP contribution in [0.15, 0.2) is 48.5 Å². The van der Waals surface area contributed by atoms with Crippen LogP contribution in [-0.4, -0.2) is 41.6 Å². The molecule has 8 nitrogen and oxygen atoms in total. The number of ether oxygens (including phenoxy) is 2. The molecule has 8 heteroatoms. The summed E-state index contributed by atoms with van der Waals surface area (Å²) in [5, 5.41) is 17.1. The minimum atomic E-state index is -0.950. The minimum Gasteiger partial charge on any atom is -0.422 e. The van der Waals surface area contributed by atoms with E-state index >= 15 is 0 Å². The molecule has 0 saturated carbocycles. The molecule has 2 rings (SSSR count). The van der Waals surface area contributed by atoms with E-state index in [2.05, 4.69) is 10.6 Å². The van der Waals surface area contributed by atoms with Crippen LogP contribution in [0.5, 0.6) is 11.5 Å². The molecule has 38 heavy (non-hydrogen) atoms. The van der Waals surface area contributed by atoms with E-state index in [9.17, 15) is 19.5 Å². The molecule has 0 heterocycles. The zero-order valence-corrected chi connectivity index (χ0v) is 23.8. The summed E-state index contributed by atoms with van der Waals surface area (Å²) < 4.78 is 11.1. The van der Waals surface area contributed by atoms with E-state index < -0.39 is 34.4 Å². The Labute approximate surface area is 226 Å². The number of rotatable bonds is 10. The van der Waals surface area contributed by atoms with Crippen molar-refractivity contribution >= 4 is 17.8 Å². The summed E-state index contributed by atoms with van der Waals surface area (Å²) in [6.07, 6.45) is -0.657. The van der Waals surface area contributed by atoms with E-state index in [0.717, 1.165) is 5.56 Å². The van der Waals surface area contributed by atoms with Gasteiger partial charge < -0.3 is 25.2 Å². The summed E-state index contributed by atoms with van der Waals surface area (Å²) in [5.74, 6) is -0.893. The van der Waals surface area contributed by atoms with Gasteiger partial charge in [-0.25, -0.2) is 0 Å². The molecule has 0 radical (unpaired) electrons. The van der Waals surface area contributed by atoms with Crippen molar-refractivity contribution in [1.29, 1.82) is 0 Å². The maximum Gasteiger partial charge on any atom is 0.316 e. The van der Waals surface area contributed by atoms with E-state index in [1.807, 2.05) is 44.2 Å². The number of β-amino-alcohol motifs (C(OH)–C–C–N with tert-alkyl or cyclic N) is 1. The third kappa shape index (κ3) is 9.91. The fourth-order valence-electron chi connectivity index (χ4n) is 3.12. The molecule has 0 aliphatic heterocycles. The molecule has 208 valence electrons. The molecule has 3 N–H and O–H groups in total. The normalized spacial score (nSPS) is 13.0. The third-order valence-corrected chi connectivity index (χ3v) is 5.69. The largest absolute Gasteiger partial charge is 0.422 e. The summed E-state index contributed by atoms with van der Waals surface area (Å²) in [7, 11) is 0. The van der Waals surface area contributed by atoms with Gasteiger partial charge in [-0.2, -0.15) is 0 Å². The number of benzene rings is 2. The number of aliphatic hydroxyl groups excluding tert-OH is 1. The van der Waals surface area contributed by atoms with Crippen LogP contribution in [0.4, 0.5) is 0 Å². The van der Waals surface area contributed by atoms with Crippen LogP contribution in [-0.2, 0) is 20.8 Å². The highest BCUT2D eigenvalue weighted by molar-refractivity contribution is 5.81. The van der Waals surface area contributed by atoms with Crippen LogP contribution in [0.1, 0.15) is 72.6 Å². The first-order valence-corrected chi connectivity index (χ1v) is 12.8. The molecule has 0 fully saturated rings. The number of carbonyl (C=O) groups excluding carboxylic acids is 3. The summed E-state index contributed by atoms with van der Waals surface area (Å²) >= 11 is 0. The average Bonchev–Trinajstić information content (AvgIpc) is 2.82. The van der Waals surface area contributed by atoms with Gasteiger partial charge in [0, 0.05) is 18.6 Å². The number of amides is 1. The van der Waals surface area contributed by atoms with Crippen LogP contribution in [0.25, 0.3) is 0 Å². The molecule has 0 aliphatic carbocycles. The lowest BCUT2D eigenvalue weighted by atomic mass is 9.97. The number of carbonyl (C=O) groups is 3. The van der Waals surface area contributed by atoms with Crippen molar-refractivity contribution in [2.45, 2.75) is 73.5 Å². The summed E-state index contributed by atoms with van der Waals surface area (Å²) in [6.45, 7) is 14.7. The Balaban J connectivity index is 2.07. The molecule has 1 unspecified atom stereocenters. The van der Waals surface area contributed by atoms with Crippen molar-refractivity contribution in [2.75, 3.05) is 13.1 Å². The minimum absolute atomic E-state index is 0.0616. The van der Waals surface area contributed by atoms with Crippen molar-refractivity contribution in [3.63, 3.8) is 0 Å². The first-order chi connectivity index (χ1) is 17.5. The maximum absolute atomic E-state index is 12.6. The highest BCUT2D eigenvalue weighted by Gasteiger charge is 2.29. The molecule has 0 spiro atoms. The first-order valence-electron chi connectivity index (χ1n) is 12.8. The van der Waals surface area contributed by atoms with Crippen LogP contribution in [0.2, 0.25) is 0 Å². The second-order valence-electron chi connectivity index (χ2n) is 12.2. The second kappa shape index (κ2) is 12.5. The monoisotopic (exact) mass is 526 g/mol. The predicted octanol–water partition coefficient (Wildman–Crippen LogP) is 4.35. The van der Waals surface area contributed by atoms with Gasteiger partial charge in [0.15, 0.2) is 11.5 Å². The van der Waals surface area contributed by atoms with E-state index in [4.69, 9.17) is 9.47 Å². The summed E-state index contributed by atoms with van der Waals surface area (Å²) in [5.41, 5.74) is -0.623. The molecule has 0 bridgehead atoms. The van der Waals surface area contributed by atoms with E-state index in [1.165, 1.54) is 12.1 Å². The van der Waals surface area contributed by atoms with Gasteiger partial charge in [-0.1, -0.05) is 36.4 Å². The number of esters is 2. The van der Waals surface area contributed by atoms with Crippen molar-refractivity contribution < 1.29 is 29.0 Å². The summed E-state index contributed by atoms with van der Waals surface area (Å²) in [4.78, 5) is 37.4.